The van der Waals surface area contributed by atoms with Crippen molar-refractivity contribution in [1.29, 1.82) is 0 Å². The number of nitrogen functional groups attached to an aromatic ring is 1. The molecule has 0 aliphatic carbocycles. The number of hydrogen-bond donors (Lipinski definition) is 1. The molecule has 1 aromatic rings. The highest BCUT2D eigenvalue weighted by atomic mass is 35.5. The lowest BCUT2D eigenvalue weighted by atomic mass is 9.90. The van der Waals surface area contributed by atoms with Gasteiger partial charge in [-0.25, -0.2) is 4.98 Å². The Bertz CT molecular complexity index is 408. The van der Waals surface area contributed by atoms with Gasteiger partial charge in [0.1, 0.15) is 11.0 Å². The van der Waals surface area contributed by atoms with E-state index in [1.807, 2.05) is 17.0 Å². The number of nitrogens with zero attached hydrogens (tertiary/aromatic N) is 2. The Balaban J connectivity index is 2.07. The van der Waals surface area contributed by atoms with Gasteiger partial charge in [-0.15, -0.1) is 0 Å². The van der Waals surface area contributed by atoms with Crippen LogP contribution < -0.4 is 5.73 Å². The van der Waals surface area contributed by atoms with Gasteiger partial charge in [0.2, 0.25) is 5.91 Å². The molecule has 2 N–H and O–H groups in total. The summed E-state index contributed by atoms with van der Waals surface area (Å²) in [6.45, 7) is 3.22. The van der Waals surface area contributed by atoms with Gasteiger partial charge < -0.3 is 10.6 Å². The van der Waals surface area contributed by atoms with Gasteiger partial charge in [-0.05, 0) is 36.5 Å². The summed E-state index contributed by atoms with van der Waals surface area (Å²) < 4.78 is 0. The van der Waals surface area contributed by atoms with Crippen molar-refractivity contribution in [2.75, 3.05) is 18.8 Å². The molecule has 2 rings (SSSR count). The minimum atomic E-state index is 0.149. The van der Waals surface area contributed by atoms with Crippen molar-refractivity contribution >= 4 is 23.3 Å². The summed E-state index contributed by atoms with van der Waals surface area (Å²) in [5, 5.41) is 0.439. The van der Waals surface area contributed by atoms with Crippen LogP contribution in [0.1, 0.15) is 31.2 Å². The van der Waals surface area contributed by atoms with Crippen molar-refractivity contribution in [3.63, 3.8) is 0 Å². The monoisotopic (exact) mass is 253 g/mol. The summed E-state index contributed by atoms with van der Waals surface area (Å²) in [4.78, 5) is 17.1. The average molecular weight is 254 g/mol. The molecule has 17 heavy (non-hydrogen) atoms. The summed E-state index contributed by atoms with van der Waals surface area (Å²) in [7, 11) is 0. The first kappa shape index (κ1) is 12.2. The molecule has 0 spiro atoms. The second kappa shape index (κ2) is 4.92. The van der Waals surface area contributed by atoms with Crippen LogP contribution in [0.2, 0.25) is 5.15 Å². The number of halogens is 1. The van der Waals surface area contributed by atoms with Crippen LogP contribution >= 0.6 is 11.6 Å². The normalized spacial score (nSPS) is 17.2. The van der Waals surface area contributed by atoms with Crippen molar-refractivity contribution in [2.24, 2.45) is 0 Å². The molecule has 1 aliphatic rings. The molecule has 4 nitrogen and oxygen atoms in total. The first-order valence-electron chi connectivity index (χ1n) is 5.74. The largest absolute Gasteiger partial charge is 0.384 e. The van der Waals surface area contributed by atoms with Crippen molar-refractivity contribution in [1.82, 2.24) is 9.88 Å². The number of pyridine rings is 1. The van der Waals surface area contributed by atoms with E-state index < -0.39 is 0 Å². The Hall–Kier alpha value is -1.29. The number of rotatable bonds is 1. The number of likely N-dealkylation sites (tertiary alicyclic amines) is 1. The number of anilines is 1. The molecule has 1 saturated heterocycles. The maximum atomic E-state index is 11.2. The smallest absolute Gasteiger partial charge is 0.219 e. The van der Waals surface area contributed by atoms with E-state index >= 15 is 0 Å². The van der Waals surface area contributed by atoms with E-state index in [9.17, 15) is 4.79 Å². The number of piperidine rings is 1. The second-order valence-electron chi connectivity index (χ2n) is 4.43. The second-order valence-corrected chi connectivity index (χ2v) is 4.82. The van der Waals surface area contributed by atoms with Crippen LogP contribution in [0, 0.1) is 0 Å². The van der Waals surface area contributed by atoms with Crippen molar-refractivity contribution < 1.29 is 4.79 Å². The molecule has 2 heterocycles. The standard InChI is InChI=1S/C12H16ClN3O/c1-8(17)16-4-2-9(3-5-16)10-6-11(13)15-12(14)7-10/h6-7,9H,2-5H2,1H3,(H2,14,15). The maximum absolute atomic E-state index is 11.2. The van der Waals surface area contributed by atoms with E-state index in [4.69, 9.17) is 17.3 Å². The van der Waals surface area contributed by atoms with Gasteiger partial charge in [-0.2, -0.15) is 0 Å². The van der Waals surface area contributed by atoms with Crippen LogP contribution in [-0.4, -0.2) is 28.9 Å². The molecule has 92 valence electrons. The van der Waals surface area contributed by atoms with Gasteiger partial charge in [0, 0.05) is 20.0 Å². The molecule has 1 amide bonds. The highest BCUT2D eigenvalue weighted by Gasteiger charge is 2.22. The lowest BCUT2D eigenvalue weighted by molar-refractivity contribution is -0.129. The topological polar surface area (TPSA) is 59.2 Å². The zero-order valence-electron chi connectivity index (χ0n) is 9.82. The minimum Gasteiger partial charge on any atom is -0.384 e. The van der Waals surface area contributed by atoms with Gasteiger partial charge in [-0.3, -0.25) is 4.79 Å². The summed E-state index contributed by atoms with van der Waals surface area (Å²) >= 11 is 5.89. The summed E-state index contributed by atoms with van der Waals surface area (Å²) in [6.07, 6.45) is 1.92. The number of carbonyl (C=O) groups excluding carboxylic acids is 1. The molecule has 0 bridgehead atoms. The van der Waals surface area contributed by atoms with E-state index in [0.29, 0.717) is 16.9 Å². The van der Waals surface area contributed by atoms with E-state index in [0.717, 1.165) is 31.5 Å². The van der Waals surface area contributed by atoms with Gasteiger partial charge in [0.05, 0.1) is 0 Å². The van der Waals surface area contributed by atoms with E-state index in [1.54, 1.807) is 6.92 Å². The highest BCUT2D eigenvalue weighted by Crippen LogP contribution is 2.30. The van der Waals surface area contributed by atoms with Crippen LogP contribution in [0.5, 0.6) is 0 Å². The Labute approximate surface area is 106 Å². The van der Waals surface area contributed by atoms with Crippen LogP contribution in [0.4, 0.5) is 5.82 Å². The number of hydrogen-bond acceptors (Lipinski definition) is 3. The quantitative estimate of drug-likeness (QED) is 0.780. The predicted octanol–water partition coefficient (Wildman–Crippen LogP) is 2.04. The lowest BCUT2D eigenvalue weighted by Gasteiger charge is -2.31. The first-order valence-corrected chi connectivity index (χ1v) is 6.12. The molecule has 0 atom stereocenters. The Morgan fingerprint density at radius 1 is 1.47 bits per heavy atom. The molecule has 0 radical (unpaired) electrons. The van der Waals surface area contributed by atoms with Crippen molar-refractivity contribution in [3.05, 3.63) is 22.8 Å². The summed E-state index contributed by atoms with van der Waals surface area (Å²) in [6, 6.07) is 3.74. The van der Waals surface area contributed by atoms with E-state index in [-0.39, 0.29) is 5.91 Å². The zero-order chi connectivity index (χ0) is 12.4. The van der Waals surface area contributed by atoms with E-state index in [1.165, 1.54) is 0 Å². The SMILES string of the molecule is CC(=O)N1CCC(c2cc(N)nc(Cl)c2)CC1. The third-order valence-electron chi connectivity index (χ3n) is 3.25. The van der Waals surface area contributed by atoms with E-state index in [2.05, 4.69) is 4.98 Å². The van der Waals surface area contributed by atoms with Gasteiger partial charge in [-0.1, -0.05) is 11.6 Å². The minimum absolute atomic E-state index is 0.149. The average Bonchev–Trinajstić information content (AvgIpc) is 2.28. The fourth-order valence-electron chi connectivity index (χ4n) is 2.30. The van der Waals surface area contributed by atoms with Crippen molar-refractivity contribution in [2.45, 2.75) is 25.7 Å². The van der Waals surface area contributed by atoms with Gasteiger partial charge in [0.15, 0.2) is 0 Å². The predicted molar refractivity (Wildman–Crippen MR) is 67.9 cm³/mol. The van der Waals surface area contributed by atoms with Crippen LogP contribution in [0.15, 0.2) is 12.1 Å². The van der Waals surface area contributed by atoms with Crippen LogP contribution in [0.25, 0.3) is 0 Å². The highest BCUT2D eigenvalue weighted by molar-refractivity contribution is 6.29. The Morgan fingerprint density at radius 3 is 2.65 bits per heavy atom. The molecule has 1 fully saturated rings. The zero-order valence-corrected chi connectivity index (χ0v) is 10.6. The summed E-state index contributed by atoms with van der Waals surface area (Å²) in [5.41, 5.74) is 6.81. The van der Waals surface area contributed by atoms with Crippen LogP contribution in [-0.2, 0) is 4.79 Å². The third kappa shape index (κ3) is 2.88. The molecular weight excluding hydrogens is 238 g/mol. The Kier molecular flexibility index (Phi) is 3.52. The van der Waals surface area contributed by atoms with Gasteiger partial charge >= 0.3 is 0 Å². The fraction of sp³-hybridized carbons (Fsp3) is 0.500. The Morgan fingerprint density at radius 2 is 2.12 bits per heavy atom. The lowest BCUT2D eigenvalue weighted by Crippen LogP contribution is -2.36. The number of carbonyl (C=O) groups is 1. The van der Waals surface area contributed by atoms with Crippen LogP contribution in [0.3, 0.4) is 0 Å². The maximum Gasteiger partial charge on any atom is 0.219 e. The molecule has 0 aromatic carbocycles. The van der Waals surface area contributed by atoms with Gasteiger partial charge in [0.25, 0.3) is 0 Å². The molecule has 0 saturated carbocycles. The first-order chi connectivity index (χ1) is 8.06. The number of aromatic nitrogens is 1. The molecule has 5 heteroatoms. The number of nitrogens with two attached hydrogens (primary N) is 1. The molecule has 0 unspecified atom stereocenters. The molecule has 1 aromatic heterocycles. The third-order valence-corrected chi connectivity index (χ3v) is 3.44. The summed E-state index contributed by atoms with van der Waals surface area (Å²) in [5.74, 6) is 1.03. The van der Waals surface area contributed by atoms with Crippen molar-refractivity contribution in [3.8, 4) is 0 Å². The fourth-order valence-corrected chi connectivity index (χ4v) is 2.52. The number of amides is 1. The molecular formula is C12H16ClN3O. The molecule has 1 aliphatic heterocycles.